The van der Waals surface area contributed by atoms with Crippen LogP contribution in [0.1, 0.15) is 149 Å². The molecule has 32 nitrogen and oxygen atoms in total. The summed E-state index contributed by atoms with van der Waals surface area (Å²) in [6.45, 7) is 5.67. The Kier molecular flexibility index (Phi) is 27.6. The molecule has 0 radical (unpaired) electrons. The minimum Gasteiger partial charge on any atom is -0.508 e. The van der Waals surface area contributed by atoms with Gasteiger partial charge in [-0.25, -0.2) is 4.79 Å². The van der Waals surface area contributed by atoms with Gasteiger partial charge in [0.1, 0.15) is 114 Å². The average molecular weight is 1700 g/mol. The molecular weight excluding hydrogens is 1600 g/mol. The zero-order valence-electron chi connectivity index (χ0n) is 66.5. The number of phenols is 3. The molecule has 1 saturated heterocycles. The van der Waals surface area contributed by atoms with Gasteiger partial charge in [-0.1, -0.05) is 62.2 Å². The number of carbonyl (C=O) groups excluding carboxylic acids is 9. The number of aliphatic hydroxyl groups excluding tert-OH is 6. The van der Waals surface area contributed by atoms with Crippen LogP contribution in [0.25, 0.3) is 11.1 Å². The SMILES string of the molecule is CC[C@H](CC(C)C)C(=O)N[C@H]1C(=O)C[C@@H](CC(=O)NC(=O)Nc2cc(OCCNC)ccc2OCCNC)C(=O)N[C@H]2C(=O)C[C@H]3C(=O)N[C@H](C(=O)N[C@H](C(=O)CC4C5CC6CC(C5)CC4C6)c4cc(O)cc(O)c4-c4cc3ccc4O)[C@H](O)c3ccc(c(Cl)c3)Oc3cc2cc(c3O[C@@H]2O[C@H](CO)[C@@H](O)[C@H](O)[C@H]2O)Oc2ccc(cc2Cl)[C@H]1O. The van der Waals surface area contributed by atoms with Gasteiger partial charge in [-0.3, -0.25) is 43.7 Å². The van der Waals surface area contributed by atoms with E-state index in [0.29, 0.717) is 31.3 Å². The van der Waals surface area contributed by atoms with E-state index in [1.165, 1.54) is 54.6 Å². The highest BCUT2D eigenvalue weighted by molar-refractivity contribution is 6.32. The number of halogens is 2. The maximum atomic E-state index is 16.6. The van der Waals surface area contributed by atoms with Crippen molar-refractivity contribution in [2.75, 3.05) is 52.3 Å². The van der Waals surface area contributed by atoms with Gasteiger partial charge >= 0.3 is 6.03 Å². The lowest BCUT2D eigenvalue weighted by Crippen LogP contribution is -2.60. The number of urea groups is 1. The normalized spacial score (nSPS) is 27.3. The molecule has 0 spiro atoms. The topological polar surface area (TPSA) is 487 Å². The summed E-state index contributed by atoms with van der Waals surface area (Å²) in [5.74, 6) is -15.9. The molecule has 34 heteroatoms. The molecule has 642 valence electrons. The van der Waals surface area contributed by atoms with Gasteiger partial charge in [0.2, 0.25) is 41.6 Å². The van der Waals surface area contributed by atoms with Crippen LogP contribution >= 0.6 is 23.2 Å². The number of hydrogen-bond acceptors (Lipinski definition) is 26. The number of Topliss-reactive ketones (excluding diaryl/α,β-unsaturated/α-hetero) is 3. The zero-order valence-corrected chi connectivity index (χ0v) is 68.0. The van der Waals surface area contributed by atoms with Crippen molar-refractivity contribution in [3.63, 3.8) is 0 Å². The van der Waals surface area contributed by atoms with Crippen LogP contribution in [0, 0.1) is 47.3 Å². The molecule has 6 aromatic carbocycles. The number of ether oxygens (including phenoxy) is 6. The third-order valence-corrected chi connectivity index (χ3v) is 24.4. The molecule has 0 unspecified atom stereocenters. The number of likely N-dealkylation sites (N-methyl/N-ethyl adjacent to an activating group) is 2. The summed E-state index contributed by atoms with van der Waals surface area (Å²) < 4.78 is 37.4. The molecule has 6 aliphatic heterocycles. The number of phenolic OH excluding ortho intramolecular Hbond substituents is 3. The van der Waals surface area contributed by atoms with Crippen molar-refractivity contribution in [2.45, 2.75) is 164 Å². The number of fused-ring (bicyclic) bond motifs is 15. The van der Waals surface area contributed by atoms with Crippen molar-refractivity contribution in [3.8, 4) is 68.6 Å². The molecule has 15 bridgehead atoms. The Hall–Kier alpha value is -10.2. The molecule has 5 fully saturated rings. The van der Waals surface area contributed by atoms with E-state index in [-0.39, 0.29) is 122 Å². The molecule has 4 aliphatic carbocycles. The minimum atomic E-state index is -2.25. The number of carbonyl (C=O) groups is 9. The minimum absolute atomic E-state index is 0.0215. The van der Waals surface area contributed by atoms with Crippen molar-refractivity contribution in [3.05, 3.63) is 135 Å². The lowest BCUT2D eigenvalue weighted by Gasteiger charge is -2.54. The van der Waals surface area contributed by atoms with Crippen molar-refractivity contribution in [2.24, 2.45) is 47.3 Å². The monoisotopic (exact) mass is 1700 g/mol. The fraction of sp³-hybridized carbons (Fsp3) is 0.477. The number of amides is 7. The van der Waals surface area contributed by atoms with E-state index >= 15 is 28.8 Å². The Morgan fingerprint density at radius 1 is 0.633 bits per heavy atom. The maximum Gasteiger partial charge on any atom is 0.325 e. The Labute approximate surface area is 700 Å². The van der Waals surface area contributed by atoms with Crippen LogP contribution in [0.2, 0.25) is 10.0 Å². The average Bonchev–Trinajstić information content (AvgIpc) is 0.763. The number of anilines is 1. The molecule has 4 saturated carbocycles. The summed E-state index contributed by atoms with van der Waals surface area (Å²) in [7, 11) is 3.42. The molecule has 7 amide bonds. The first-order valence-electron chi connectivity index (χ1n) is 40.3. The van der Waals surface area contributed by atoms with E-state index in [0.717, 1.165) is 68.5 Å². The molecule has 10 aliphatic rings. The predicted octanol–water partition coefficient (Wildman–Crippen LogP) is 7.29. The second-order valence-electron chi connectivity index (χ2n) is 32.6. The largest absolute Gasteiger partial charge is 0.508 e. The number of aromatic hydroxyl groups is 3. The van der Waals surface area contributed by atoms with Crippen LogP contribution in [0.15, 0.2) is 97.1 Å². The van der Waals surface area contributed by atoms with Gasteiger partial charge in [-0.2, -0.15) is 0 Å². The molecule has 120 heavy (non-hydrogen) atoms. The van der Waals surface area contributed by atoms with Gasteiger partial charge in [0.15, 0.2) is 28.8 Å². The number of ketones is 3. The highest BCUT2D eigenvalue weighted by Crippen LogP contribution is 2.58. The van der Waals surface area contributed by atoms with Crippen LogP contribution in [-0.4, -0.2) is 189 Å². The maximum absolute atomic E-state index is 16.6. The number of hydrogen-bond donors (Lipinski definition) is 17. The standard InChI is InChI=1S/C86H100Cl2N8O24/c1-6-41(19-38(2)3)81(110)95-73-60(101)28-48(31-69(104)92-86(114)91-57-34-50(115-17-15-89-4)10-14-65(57)116-18-16-90-5)82(111)93-71-47-29-66(117-63-12-8-43(75(73)105)26-55(63)87)80(120-85-79(109)78(108)77(107)68(37-97)119-85)67(30-47)118-64-13-9-44(27-56(64)88)76(106)74-84(113)94-72(62(103)35-51-45-21-39-20-40(23-45)24-46(51)22-39)54-32-49(98)33-59(100)70(54)53-25-42(7-11-58(53)99)52(36-61(71)102)83(112)96-74/h7-14,25-27,29-30,32-34,38-41,45-46,48,51-52,68,71-79,85,89-90,97-100,105-109H,6,15-24,28,31,35-37H2,1-5H3,(H,93,111)(H,94,113)(H,95,110)(H,96,112)(H2,91,92,104,114)/t39?,40?,41-,45?,46?,48+,51?,52-,68-,71-,72+,73+,74+,75-,76-,77-,78+,79-,85+/m1/s1. The summed E-state index contributed by atoms with van der Waals surface area (Å²) in [6, 6.07) is 10.3. The van der Waals surface area contributed by atoms with Crippen LogP contribution < -0.4 is 66.2 Å². The Morgan fingerprint density at radius 3 is 1.90 bits per heavy atom. The fourth-order valence-electron chi connectivity index (χ4n) is 17.9. The van der Waals surface area contributed by atoms with E-state index < -0.39 is 204 Å². The van der Waals surface area contributed by atoms with Crippen molar-refractivity contribution in [1.82, 2.24) is 37.2 Å². The molecule has 6 heterocycles. The fourth-order valence-corrected chi connectivity index (χ4v) is 18.4. The molecule has 17 N–H and O–H groups in total. The molecule has 6 aromatic rings. The molecular formula is C86H100Cl2N8O24. The Morgan fingerprint density at radius 2 is 1.27 bits per heavy atom. The highest BCUT2D eigenvalue weighted by atomic mass is 35.5. The van der Waals surface area contributed by atoms with E-state index in [4.69, 9.17) is 51.6 Å². The summed E-state index contributed by atoms with van der Waals surface area (Å²) in [5, 5.41) is 126. The first-order valence-corrected chi connectivity index (χ1v) is 41.1. The quantitative estimate of drug-likeness (QED) is 0.0297. The smallest absolute Gasteiger partial charge is 0.325 e. The summed E-state index contributed by atoms with van der Waals surface area (Å²) in [5.41, 5.74) is -1.65. The number of nitrogens with one attached hydrogen (secondary N) is 8. The zero-order chi connectivity index (χ0) is 85.8. The summed E-state index contributed by atoms with van der Waals surface area (Å²) in [4.78, 5) is 139. The number of imide groups is 1. The molecule has 16 rings (SSSR count). The van der Waals surface area contributed by atoms with E-state index in [1.54, 1.807) is 27.1 Å². The Balaban J connectivity index is 0.987. The van der Waals surface area contributed by atoms with Gasteiger partial charge in [-0.15, -0.1) is 0 Å². The lowest BCUT2D eigenvalue weighted by atomic mass is 9.51. The van der Waals surface area contributed by atoms with E-state index in [1.807, 2.05) is 13.8 Å². The number of rotatable bonds is 22. The van der Waals surface area contributed by atoms with Crippen molar-refractivity contribution >= 4 is 81.8 Å². The third kappa shape index (κ3) is 19.4. The van der Waals surface area contributed by atoms with Crippen LogP contribution in [0.3, 0.4) is 0 Å². The van der Waals surface area contributed by atoms with Crippen molar-refractivity contribution < 1.29 is 118 Å². The number of benzene rings is 6. The number of aliphatic hydroxyl groups is 6. The highest BCUT2D eigenvalue weighted by Gasteiger charge is 2.51. The molecule has 14 atom stereocenters. The van der Waals surface area contributed by atoms with Gasteiger partial charge in [0.25, 0.3) is 0 Å². The van der Waals surface area contributed by atoms with Gasteiger partial charge in [0.05, 0.1) is 34.2 Å². The van der Waals surface area contributed by atoms with E-state index in [2.05, 4.69) is 42.5 Å². The molecule has 0 aromatic heterocycles. The van der Waals surface area contributed by atoms with Gasteiger partial charge in [-0.05, 0) is 189 Å². The second-order valence-corrected chi connectivity index (χ2v) is 33.4. The first-order chi connectivity index (χ1) is 57.4. The van der Waals surface area contributed by atoms with E-state index in [9.17, 15) is 60.3 Å². The third-order valence-electron chi connectivity index (χ3n) is 23.8. The summed E-state index contributed by atoms with van der Waals surface area (Å²) >= 11 is 14.4. The first kappa shape index (κ1) is 87.6. The van der Waals surface area contributed by atoms with Crippen LogP contribution in [0.5, 0.6) is 57.5 Å². The second kappa shape index (κ2) is 37.8. The predicted molar refractivity (Wildman–Crippen MR) is 432 cm³/mol. The van der Waals surface area contributed by atoms with Gasteiger partial charge in [0, 0.05) is 68.0 Å². The van der Waals surface area contributed by atoms with Crippen LogP contribution in [-0.2, 0) is 43.1 Å². The summed E-state index contributed by atoms with van der Waals surface area (Å²) in [6.07, 6.45) is -12.1. The van der Waals surface area contributed by atoms with Crippen molar-refractivity contribution in [1.29, 1.82) is 0 Å². The van der Waals surface area contributed by atoms with Crippen LogP contribution in [0.4, 0.5) is 10.5 Å². The van der Waals surface area contributed by atoms with Gasteiger partial charge < -0.3 is 112 Å². The Bertz CT molecular complexity index is 4870. The lowest BCUT2D eigenvalue weighted by molar-refractivity contribution is -0.277.